The fourth-order valence-electron chi connectivity index (χ4n) is 2.78. The van der Waals surface area contributed by atoms with Crippen molar-refractivity contribution < 1.29 is 14.3 Å². The van der Waals surface area contributed by atoms with Crippen LogP contribution in [0.4, 0.5) is 4.79 Å². The number of hydrogen-bond donors (Lipinski definition) is 0. The van der Waals surface area contributed by atoms with Gasteiger partial charge >= 0.3 is 6.09 Å². The van der Waals surface area contributed by atoms with Crippen LogP contribution in [0.3, 0.4) is 0 Å². The maximum absolute atomic E-state index is 12.2. The number of morpholine rings is 1. The van der Waals surface area contributed by atoms with Crippen molar-refractivity contribution in [3.8, 4) is 0 Å². The lowest BCUT2D eigenvalue weighted by Crippen LogP contribution is -2.48. The molecule has 3 rings (SSSR count). The summed E-state index contributed by atoms with van der Waals surface area (Å²) in [5.74, 6) is 0.547. The van der Waals surface area contributed by atoms with Crippen molar-refractivity contribution in [2.75, 3.05) is 19.7 Å². The predicted molar refractivity (Wildman–Crippen MR) is 100 cm³/mol. The number of aliphatic imine (C=N–C) groups is 2. The molecule has 1 unspecified atom stereocenters. The molecule has 146 valence electrons. The first-order chi connectivity index (χ1) is 12.8. The van der Waals surface area contributed by atoms with E-state index < -0.39 is 5.60 Å². The standard InChI is InChI=1S/C17H23ClN6O3/c1-17(2,3)27-16(25)24-4-5-26-12(9-24)7-14-19-8-11(22-14)6-13-20-10-21-15(18)23-13/h8,10,12,14H,4-7,9H2,1-3H3/t12-,14?/m1/s1. The van der Waals surface area contributed by atoms with Crippen molar-refractivity contribution in [2.45, 2.75) is 51.5 Å². The summed E-state index contributed by atoms with van der Waals surface area (Å²) in [6, 6.07) is 0. The fraction of sp³-hybridized carbons (Fsp3) is 0.647. The molecule has 2 atom stereocenters. The van der Waals surface area contributed by atoms with Gasteiger partial charge in [-0.05, 0) is 32.4 Å². The van der Waals surface area contributed by atoms with Crippen LogP contribution in [0, 0.1) is 0 Å². The van der Waals surface area contributed by atoms with Crippen molar-refractivity contribution in [2.24, 2.45) is 9.98 Å². The summed E-state index contributed by atoms with van der Waals surface area (Å²) in [7, 11) is 0. The van der Waals surface area contributed by atoms with Gasteiger partial charge in [-0.25, -0.2) is 19.7 Å². The molecule has 1 aromatic rings. The number of ether oxygens (including phenoxy) is 2. The molecule has 0 N–H and O–H groups in total. The van der Waals surface area contributed by atoms with Gasteiger partial charge in [0.15, 0.2) is 0 Å². The molecule has 9 nitrogen and oxygen atoms in total. The van der Waals surface area contributed by atoms with E-state index in [1.54, 1.807) is 11.1 Å². The van der Waals surface area contributed by atoms with Gasteiger partial charge in [-0.3, -0.25) is 9.98 Å². The third-order valence-electron chi connectivity index (χ3n) is 3.91. The smallest absolute Gasteiger partial charge is 0.410 e. The maximum Gasteiger partial charge on any atom is 0.410 e. The molecule has 1 aromatic heterocycles. The Morgan fingerprint density at radius 1 is 1.41 bits per heavy atom. The van der Waals surface area contributed by atoms with Crippen LogP contribution >= 0.6 is 11.6 Å². The summed E-state index contributed by atoms with van der Waals surface area (Å²) in [5.41, 5.74) is 0.264. The predicted octanol–water partition coefficient (Wildman–Crippen LogP) is 1.94. The van der Waals surface area contributed by atoms with E-state index in [1.165, 1.54) is 6.33 Å². The summed E-state index contributed by atoms with van der Waals surface area (Å²) >= 11 is 5.77. The zero-order chi connectivity index (χ0) is 19.4. The molecule has 2 aliphatic rings. The normalized spacial score (nSPS) is 22.7. The zero-order valence-corrected chi connectivity index (χ0v) is 16.4. The lowest BCUT2D eigenvalue weighted by atomic mass is 10.1. The molecule has 0 bridgehead atoms. The molecular formula is C17H23ClN6O3. The molecule has 10 heteroatoms. The minimum Gasteiger partial charge on any atom is -0.444 e. The van der Waals surface area contributed by atoms with Crippen LogP contribution in [-0.4, -0.2) is 75.4 Å². The van der Waals surface area contributed by atoms with E-state index in [4.69, 9.17) is 21.1 Å². The largest absolute Gasteiger partial charge is 0.444 e. The van der Waals surface area contributed by atoms with Gasteiger partial charge in [0.25, 0.3) is 0 Å². The number of aromatic nitrogens is 3. The number of hydrogen-bond acceptors (Lipinski definition) is 8. The van der Waals surface area contributed by atoms with Crippen molar-refractivity contribution in [3.05, 3.63) is 17.4 Å². The van der Waals surface area contributed by atoms with Crippen LogP contribution in [0.25, 0.3) is 0 Å². The van der Waals surface area contributed by atoms with E-state index in [9.17, 15) is 4.79 Å². The van der Waals surface area contributed by atoms with E-state index >= 15 is 0 Å². The van der Waals surface area contributed by atoms with Gasteiger partial charge in [0, 0.05) is 19.2 Å². The van der Waals surface area contributed by atoms with Gasteiger partial charge < -0.3 is 14.4 Å². The minimum absolute atomic E-state index is 0.136. The molecular weight excluding hydrogens is 372 g/mol. The lowest BCUT2D eigenvalue weighted by molar-refractivity contribution is -0.0460. The molecule has 0 aromatic carbocycles. The Morgan fingerprint density at radius 3 is 2.96 bits per heavy atom. The third kappa shape index (κ3) is 5.93. The summed E-state index contributed by atoms with van der Waals surface area (Å²) in [4.78, 5) is 34.8. The second kappa shape index (κ2) is 8.26. The van der Waals surface area contributed by atoms with E-state index in [-0.39, 0.29) is 23.6 Å². The van der Waals surface area contributed by atoms with E-state index in [1.807, 2.05) is 20.8 Å². The second-order valence-electron chi connectivity index (χ2n) is 7.38. The second-order valence-corrected chi connectivity index (χ2v) is 7.72. The molecule has 0 saturated carbocycles. The Kier molecular flexibility index (Phi) is 6.01. The number of carbonyl (C=O) groups excluding carboxylic acids is 1. The highest BCUT2D eigenvalue weighted by Gasteiger charge is 2.30. The first kappa shape index (κ1) is 19.6. The van der Waals surface area contributed by atoms with Crippen LogP contribution in [0.2, 0.25) is 5.28 Å². The maximum atomic E-state index is 12.2. The lowest BCUT2D eigenvalue weighted by Gasteiger charge is -2.34. The molecule has 0 aliphatic carbocycles. The van der Waals surface area contributed by atoms with E-state index in [0.29, 0.717) is 38.4 Å². The van der Waals surface area contributed by atoms with Gasteiger partial charge in [-0.2, -0.15) is 0 Å². The minimum atomic E-state index is -0.516. The van der Waals surface area contributed by atoms with Crippen LogP contribution in [-0.2, 0) is 15.9 Å². The summed E-state index contributed by atoms with van der Waals surface area (Å²) < 4.78 is 11.2. The summed E-state index contributed by atoms with van der Waals surface area (Å²) in [6.07, 6.45) is 3.44. The molecule has 3 heterocycles. The number of amides is 1. The highest BCUT2D eigenvalue weighted by atomic mass is 35.5. The zero-order valence-electron chi connectivity index (χ0n) is 15.6. The van der Waals surface area contributed by atoms with E-state index in [2.05, 4.69) is 24.9 Å². The highest BCUT2D eigenvalue weighted by molar-refractivity contribution is 6.32. The Labute approximate surface area is 162 Å². The van der Waals surface area contributed by atoms with Crippen molar-refractivity contribution in [3.63, 3.8) is 0 Å². The third-order valence-corrected chi connectivity index (χ3v) is 4.09. The molecule has 2 aliphatic heterocycles. The summed E-state index contributed by atoms with van der Waals surface area (Å²) in [5, 5.41) is 0.157. The monoisotopic (exact) mass is 394 g/mol. The average molecular weight is 395 g/mol. The number of halogens is 1. The van der Waals surface area contributed by atoms with Crippen LogP contribution in [0.15, 0.2) is 16.3 Å². The van der Waals surface area contributed by atoms with Gasteiger partial charge in [-0.15, -0.1) is 0 Å². The van der Waals surface area contributed by atoms with Gasteiger partial charge in [0.05, 0.1) is 31.4 Å². The Morgan fingerprint density at radius 2 is 2.22 bits per heavy atom. The number of nitrogens with zero attached hydrogens (tertiary/aromatic N) is 6. The molecule has 1 fully saturated rings. The van der Waals surface area contributed by atoms with Crippen LogP contribution in [0.5, 0.6) is 0 Å². The quantitative estimate of drug-likeness (QED) is 0.773. The van der Waals surface area contributed by atoms with E-state index in [0.717, 1.165) is 5.71 Å². The molecule has 0 spiro atoms. The van der Waals surface area contributed by atoms with Gasteiger partial charge in [0.2, 0.25) is 5.28 Å². The molecule has 1 saturated heterocycles. The topological polar surface area (TPSA) is 102 Å². The number of rotatable bonds is 4. The van der Waals surface area contributed by atoms with Gasteiger partial charge in [0.1, 0.15) is 23.9 Å². The Bertz CT molecular complexity index is 748. The number of carbonyl (C=O) groups is 1. The Hall–Kier alpha value is -2.13. The SMILES string of the molecule is CC(C)(C)OC(=O)N1CCO[C@H](CC2N=CC(Cc3ncnc(Cl)n3)=N2)C1. The Balaban J connectivity index is 1.52. The van der Waals surface area contributed by atoms with Crippen molar-refractivity contribution >= 4 is 29.6 Å². The first-order valence-electron chi connectivity index (χ1n) is 8.81. The molecule has 27 heavy (non-hydrogen) atoms. The van der Waals surface area contributed by atoms with Crippen LogP contribution in [0.1, 0.15) is 33.0 Å². The summed E-state index contributed by atoms with van der Waals surface area (Å²) in [6.45, 7) is 7.02. The first-order valence-corrected chi connectivity index (χ1v) is 9.19. The molecule has 0 radical (unpaired) electrons. The van der Waals surface area contributed by atoms with Crippen LogP contribution < -0.4 is 0 Å². The van der Waals surface area contributed by atoms with Crippen molar-refractivity contribution in [1.82, 2.24) is 19.9 Å². The average Bonchev–Trinajstić information content (AvgIpc) is 3.00. The van der Waals surface area contributed by atoms with Crippen molar-refractivity contribution in [1.29, 1.82) is 0 Å². The van der Waals surface area contributed by atoms with Gasteiger partial charge in [-0.1, -0.05) is 0 Å². The fourth-order valence-corrected chi connectivity index (χ4v) is 2.92. The highest BCUT2D eigenvalue weighted by Crippen LogP contribution is 2.18. The molecule has 1 amide bonds.